The molecule has 30 heavy (non-hydrogen) atoms. The highest BCUT2D eigenvalue weighted by Gasteiger charge is 2.22. The van der Waals surface area contributed by atoms with E-state index in [1.807, 2.05) is 0 Å². The van der Waals surface area contributed by atoms with E-state index in [1.165, 1.54) is 42.4 Å². The van der Waals surface area contributed by atoms with Crippen molar-refractivity contribution in [1.82, 2.24) is 4.98 Å². The second-order valence-electron chi connectivity index (χ2n) is 6.07. The van der Waals surface area contributed by atoms with Gasteiger partial charge in [-0.05, 0) is 24.3 Å². The Hall–Kier alpha value is -2.81. The van der Waals surface area contributed by atoms with Crippen LogP contribution in [0.5, 0.6) is 5.75 Å². The zero-order chi connectivity index (χ0) is 21.8. The number of methoxy groups -OCH3 is 1. The minimum Gasteiger partial charge on any atom is -0.495 e. The molecule has 156 valence electrons. The standard InChI is InChI=1S/C20H17Cl2N3O4S/c1-11(26)25(16-5-3-4-6-17(16)28-2)20-24-13(10-30-20)9-29-19(27)14-7-12(21)8-15(22)18(14)23/h3-8,10H,9,23H2,1-2H3. The van der Waals surface area contributed by atoms with Crippen LogP contribution in [0, 0.1) is 0 Å². The van der Waals surface area contributed by atoms with Gasteiger partial charge in [0, 0.05) is 17.3 Å². The van der Waals surface area contributed by atoms with Gasteiger partial charge in [-0.25, -0.2) is 9.78 Å². The first kappa shape index (κ1) is 21.9. The van der Waals surface area contributed by atoms with Crippen LogP contribution >= 0.6 is 34.5 Å². The summed E-state index contributed by atoms with van der Waals surface area (Å²) in [5, 5.41) is 2.55. The molecule has 10 heteroatoms. The number of nitrogens with two attached hydrogens (primary N) is 1. The Kier molecular flexibility index (Phi) is 6.81. The number of rotatable bonds is 6. The lowest BCUT2D eigenvalue weighted by Gasteiger charge is -2.20. The molecule has 1 heterocycles. The van der Waals surface area contributed by atoms with Crippen LogP contribution in [0.25, 0.3) is 0 Å². The van der Waals surface area contributed by atoms with Gasteiger partial charge < -0.3 is 15.2 Å². The van der Waals surface area contributed by atoms with Crippen molar-refractivity contribution < 1.29 is 19.1 Å². The van der Waals surface area contributed by atoms with Crippen LogP contribution in [0.2, 0.25) is 10.0 Å². The van der Waals surface area contributed by atoms with Gasteiger partial charge in [0.25, 0.3) is 0 Å². The number of thiazole rings is 1. The van der Waals surface area contributed by atoms with Gasteiger partial charge in [0.15, 0.2) is 5.13 Å². The largest absolute Gasteiger partial charge is 0.495 e. The van der Waals surface area contributed by atoms with Crippen LogP contribution in [0.1, 0.15) is 23.0 Å². The molecule has 0 saturated heterocycles. The van der Waals surface area contributed by atoms with Crippen LogP contribution in [-0.4, -0.2) is 24.0 Å². The number of hydrogen-bond donors (Lipinski definition) is 1. The van der Waals surface area contributed by atoms with E-state index in [9.17, 15) is 9.59 Å². The number of carbonyl (C=O) groups is 2. The predicted molar refractivity (Wildman–Crippen MR) is 118 cm³/mol. The fraction of sp³-hybridized carbons (Fsp3) is 0.150. The van der Waals surface area contributed by atoms with Crippen molar-refractivity contribution in [3.8, 4) is 5.75 Å². The molecule has 3 aromatic rings. The predicted octanol–water partition coefficient (Wildman–Crippen LogP) is 5.08. The quantitative estimate of drug-likeness (QED) is 0.402. The highest BCUT2D eigenvalue weighted by molar-refractivity contribution is 7.14. The van der Waals surface area contributed by atoms with E-state index in [1.54, 1.807) is 29.6 Å². The lowest BCUT2D eigenvalue weighted by molar-refractivity contribution is -0.115. The average Bonchev–Trinajstić information content (AvgIpc) is 3.17. The van der Waals surface area contributed by atoms with Gasteiger partial charge in [-0.1, -0.05) is 35.3 Å². The minimum absolute atomic E-state index is 0.0716. The van der Waals surface area contributed by atoms with Crippen molar-refractivity contribution in [2.45, 2.75) is 13.5 Å². The van der Waals surface area contributed by atoms with Crippen molar-refractivity contribution in [2.24, 2.45) is 0 Å². The summed E-state index contributed by atoms with van der Waals surface area (Å²) < 4.78 is 10.6. The number of hydrogen-bond acceptors (Lipinski definition) is 7. The summed E-state index contributed by atoms with van der Waals surface area (Å²) in [7, 11) is 1.53. The second-order valence-corrected chi connectivity index (χ2v) is 7.75. The topological polar surface area (TPSA) is 94.7 Å². The number of ether oxygens (including phenoxy) is 2. The van der Waals surface area contributed by atoms with Crippen molar-refractivity contribution >= 4 is 62.9 Å². The summed E-state index contributed by atoms with van der Waals surface area (Å²) in [5.41, 5.74) is 7.02. The SMILES string of the molecule is COc1ccccc1N(C(C)=O)c1nc(COC(=O)c2cc(Cl)cc(Cl)c2N)cs1. The molecule has 0 bridgehead atoms. The molecule has 1 amide bonds. The van der Waals surface area contributed by atoms with Gasteiger partial charge in [-0.3, -0.25) is 9.69 Å². The van der Waals surface area contributed by atoms with Gasteiger partial charge in [0.1, 0.15) is 12.4 Å². The first-order chi connectivity index (χ1) is 14.3. The molecular formula is C20H17Cl2N3O4S. The van der Waals surface area contributed by atoms with Gasteiger partial charge in [-0.2, -0.15) is 0 Å². The second kappa shape index (κ2) is 9.34. The van der Waals surface area contributed by atoms with Crippen LogP contribution in [0.15, 0.2) is 41.8 Å². The van der Waals surface area contributed by atoms with E-state index in [2.05, 4.69) is 4.98 Å². The first-order valence-corrected chi connectivity index (χ1v) is 10.2. The number of para-hydroxylation sites is 2. The number of halogens is 2. The lowest BCUT2D eigenvalue weighted by atomic mass is 10.2. The summed E-state index contributed by atoms with van der Waals surface area (Å²) in [6.45, 7) is 1.32. The Morgan fingerprint density at radius 1 is 1.23 bits per heavy atom. The number of anilines is 3. The van der Waals surface area contributed by atoms with E-state index in [0.717, 1.165) is 0 Å². The molecule has 3 rings (SSSR count). The molecule has 0 saturated carbocycles. The molecule has 0 aliphatic rings. The van der Waals surface area contributed by atoms with Crippen LogP contribution in [0.4, 0.5) is 16.5 Å². The smallest absolute Gasteiger partial charge is 0.340 e. The van der Waals surface area contributed by atoms with E-state index < -0.39 is 5.97 Å². The number of carbonyl (C=O) groups excluding carboxylic acids is 2. The number of aromatic nitrogens is 1. The van der Waals surface area contributed by atoms with Gasteiger partial charge >= 0.3 is 5.97 Å². The van der Waals surface area contributed by atoms with Crippen LogP contribution < -0.4 is 15.4 Å². The van der Waals surface area contributed by atoms with E-state index in [4.69, 9.17) is 38.4 Å². The van der Waals surface area contributed by atoms with Crippen molar-refractivity contribution in [3.63, 3.8) is 0 Å². The number of nitrogen functional groups attached to an aromatic ring is 1. The lowest BCUT2D eigenvalue weighted by Crippen LogP contribution is -2.23. The van der Waals surface area contributed by atoms with E-state index in [-0.39, 0.29) is 33.8 Å². The van der Waals surface area contributed by atoms with Crippen molar-refractivity contribution in [3.05, 3.63) is 63.1 Å². The number of nitrogens with zero attached hydrogens (tertiary/aromatic N) is 2. The van der Waals surface area contributed by atoms with Gasteiger partial charge in [-0.15, -0.1) is 11.3 Å². The molecule has 2 aromatic carbocycles. The van der Waals surface area contributed by atoms with Gasteiger partial charge in [0.2, 0.25) is 5.91 Å². The monoisotopic (exact) mass is 465 g/mol. The van der Waals surface area contributed by atoms with Crippen molar-refractivity contribution in [1.29, 1.82) is 0 Å². The fourth-order valence-electron chi connectivity index (χ4n) is 2.66. The number of amides is 1. The summed E-state index contributed by atoms with van der Waals surface area (Å²) in [4.78, 5) is 30.5. The zero-order valence-electron chi connectivity index (χ0n) is 16.0. The molecule has 1 aromatic heterocycles. The maximum absolute atomic E-state index is 12.4. The minimum atomic E-state index is -0.681. The number of benzene rings is 2. The zero-order valence-corrected chi connectivity index (χ0v) is 18.3. The summed E-state index contributed by atoms with van der Waals surface area (Å²) in [5.74, 6) is -0.387. The molecule has 0 atom stereocenters. The maximum atomic E-state index is 12.4. The highest BCUT2D eigenvalue weighted by Crippen LogP contribution is 2.35. The average molecular weight is 466 g/mol. The molecule has 0 fully saturated rings. The molecule has 2 N–H and O–H groups in total. The Morgan fingerprint density at radius 3 is 2.67 bits per heavy atom. The van der Waals surface area contributed by atoms with Crippen molar-refractivity contribution in [2.75, 3.05) is 17.7 Å². The van der Waals surface area contributed by atoms with Crippen LogP contribution in [0.3, 0.4) is 0 Å². The Labute approximate surface area is 186 Å². The Balaban J connectivity index is 1.79. The van der Waals surface area contributed by atoms with E-state index in [0.29, 0.717) is 22.3 Å². The maximum Gasteiger partial charge on any atom is 0.340 e. The normalized spacial score (nSPS) is 10.5. The molecule has 0 unspecified atom stereocenters. The third kappa shape index (κ3) is 4.67. The van der Waals surface area contributed by atoms with Gasteiger partial charge in [0.05, 0.1) is 34.8 Å². The molecular weight excluding hydrogens is 449 g/mol. The summed E-state index contributed by atoms with van der Waals surface area (Å²) >= 11 is 13.1. The highest BCUT2D eigenvalue weighted by atomic mass is 35.5. The Bertz CT molecular complexity index is 1100. The fourth-order valence-corrected chi connectivity index (χ4v) is 4.02. The summed E-state index contributed by atoms with van der Waals surface area (Å²) in [6, 6.07) is 9.94. The third-order valence-electron chi connectivity index (χ3n) is 4.04. The third-order valence-corrected chi connectivity index (χ3v) is 5.44. The Morgan fingerprint density at radius 2 is 1.97 bits per heavy atom. The molecule has 0 aliphatic carbocycles. The number of esters is 1. The van der Waals surface area contributed by atoms with E-state index >= 15 is 0 Å². The summed E-state index contributed by atoms with van der Waals surface area (Å²) in [6.07, 6.45) is 0. The molecule has 0 radical (unpaired) electrons. The molecule has 0 aliphatic heterocycles. The molecule has 7 nitrogen and oxygen atoms in total. The molecule has 0 spiro atoms. The van der Waals surface area contributed by atoms with Crippen LogP contribution in [-0.2, 0) is 16.1 Å². The first-order valence-electron chi connectivity index (χ1n) is 8.61.